The third-order valence-corrected chi connectivity index (χ3v) is 3.40. The lowest BCUT2D eigenvalue weighted by molar-refractivity contribution is -0.118. The van der Waals surface area contributed by atoms with Crippen molar-refractivity contribution in [3.63, 3.8) is 0 Å². The first-order chi connectivity index (χ1) is 6.74. The van der Waals surface area contributed by atoms with Crippen molar-refractivity contribution in [3.8, 4) is 0 Å². The summed E-state index contributed by atoms with van der Waals surface area (Å²) in [6.45, 7) is 12.1. The minimum absolute atomic E-state index is 0.0244. The Morgan fingerprint density at radius 1 is 1.20 bits per heavy atom. The number of hydrogen-bond acceptors (Lipinski definition) is 2. The number of hydrogen-bond donors (Lipinski definition) is 0. The third-order valence-electron chi connectivity index (χ3n) is 3.40. The van der Waals surface area contributed by atoms with Crippen LogP contribution < -0.4 is 0 Å². The normalized spacial score (nSPS) is 27.7. The van der Waals surface area contributed by atoms with E-state index in [2.05, 4.69) is 20.4 Å². The standard InChI is InChI=1S/C13H18O2/c1-8-13(4,5)11-9(14)6-12(2,3)7-10(11)15-8/h1,6-7H2,2-5H3. The summed E-state index contributed by atoms with van der Waals surface area (Å²) >= 11 is 0. The lowest BCUT2D eigenvalue weighted by Gasteiger charge is -2.30. The summed E-state index contributed by atoms with van der Waals surface area (Å²) in [5, 5.41) is 0. The number of ether oxygens (including phenoxy) is 1. The second-order valence-corrected chi connectivity index (χ2v) is 5.89. The number of allylic oxidation sites excluding steroid dienone is 2. The molecule has 1 aliphatic heterocycles. The minimum Gasteiger partial charge on any atom is -0.465 e. The fourth-order valence-electron chi connectivity index (χ4n) is 2.46. The predicted octanol–water partition coefficient (Wildman–Crippen LogP) is 3.20. The molecule has 82 valence electrons. The highest BCUT2D eigenvalue weighted by atomic mass is 16.5. The maximum Gasteiger partial charge on any atom is 0.163 e. The Morgan fingerprint density at radius 3 is 2.40 bits per heavy atom. The topological polar surface area (TPSA) is 26.3 Å². The molecule has 0 aromatic carbocycles. The third kappa shape index (κ3) is 1.43. The highest BCUT2D eigenvalue weighted by Crippen LogP contribution is 2.51. The molecule has 0 aromatic heterocycles. The summed E-state index contributed by atoms with van der Waals surface area (Å²) in [6, 6.07) is 0. The smallest absolute Gasteiger partial charge is 0.163 e. The van der Waals surface area contributed by atoms with Crippen LogP contribution >= 0.6 is 0 Å². The minimum atomic E-state index is -0.303. The quantitative estimate of drug-likeness (QED) is 0.608. The molecule has 0 saturated heterocycles. The molecule has 2 nitrogen and oxygen atoms in total. The van der Waals surface area contributed by atoms with Gasteiger partial charge in [-0.25, -0.2) is 0 Å². The van der Waals surface area contributed by atoms with E-state index in [-0.39, 0.29) is 16.6 Å². The Bertz CT molecular complexity index is 383. The summed E-state index contributed by atoms with van der Waals surface area (Å²) in [5.41, 5.74) is 0.575. The molecule has 0 fully saturated rings. The molecule has 0 amide bonds. The maximum absolute atomic E-state index is 12.1. The molecule has 1 heterocycles. The maximum atomic E-state index is 12.1. The highest BCUT2D eigenvalue weighted by Gasteiger charge is 2.47. The van der Waals surface area contributed by atoms with Crippen LogP contribution in [0, 0.1) is 10.8 Å². The van der Waals surface area contributed by atoms with Crippen molar-refractivity contribution in [3.05, 3.63) is 23.7 Å². The van der Waals surface area contributed by atoms with E-state index in [9.17, 15) is 4.79 Å². The number of carbonyl (C=O) groups is 1. The summed E-state index contributed by atoms with van der Waals surface area (Å²) < 4.78 is 5.65. The Labute approximate surface area is 91.0 Å². The molecule has 0 spiro atoms. The number of ketones is 1. The van der Waals surface area contributed by atoms with E-state index in [0.717, 1.165) is 17.8 Å². The molecule has 0 saturated carbocycles. The molecular weight excluding hydrogens is 188 g/mol. The van der Waals surface area contributed by atoms with Crippen molar-refractivity contribution in [2.75, 3.05) is 0 Å². The molecule has 15 heavy (non-hydrogen) atoms. The zero-order valence-corrected chi connectivity index (χ0v) is 9.94. The lowest BCUT2D eigenvalue weighted by atomic mass is 9.70. The molecule has 0 bridgehead atoms. The van der Waals surface area contributed by atoms with Crippen LogP contribution in [0.1, 0.15) is 40.5 Å². The van der Waals surface area contributed by atoms with Gasteiger partial charge in [0.05, 0.1) is 5.41 Å². The average Bonchev–Trinajstić information content (AvgIpc) is 2.18. The van der Waals surface area contributed by atoms with Gasteiger partial charge in [0.25, 0.3) is 0 Å². The van der Waals surface area contributed by atoms with Gasteiger partial charge in [0, 0.05) is 18.4 Å². The van der Waals surface area contributed by atoms with Crippen LogP contribution in [0.2, 0.25) is 0 Å². The van der Waals surface area contributed by atoms with Crippen LogP contribution in [0.3, 0.4) is 0 Å². The van der Waals surface area contributed by atoms with E-state index in [1.54, 1.807) is 0 Å². The van der Waals surface area contributed by atoms with Gasteiger partial charge in [-0.2, -0.15) is 0 Å². The Kier molecular flexibility index (Phi) is 1.92. The second kappa shape index (κ2) is 2.75. The number of Topliss-reactive ketones (excluding diaryl/α,β-unsaturated/α-hetero) is 1. The van der Waals surface area contributed by atoms with Crippen molar-refractivity contribution in [1.82, 2.24) is 0 Å². The summed E-state index contributed by atoms with van der Waals surface area (Å²) in [7, 11) is 0. The van der Waals surface area contributed by atoms with Gasteiger partial charge in [0.15, 0.2) is 5.78 Å². The van der Waals surface area contributed by atoms with Gasteiger partial charge in [-0.05, 0) is 19.3 Å². The van der Waals surface area contributed by atoms with Gasteiger partial charge < -0.3 is 4.74 Å². The highest BCUT2D eigenvalue weighted by molar-refractivity contribution is 5.99. The van der Waals surface area contributed by atoms with E-state index in [4.69, 9.17) is 4.74 Å². The Morgan fingerprint density at radius 2 is 1.80 bits per heavy atom. The van der Waals surface area contributed by atoms with E-state index in [0.29, 0.717) is 12.2 Å². The Hall–Kier alpha value is -1.05. The summed E-state index contributed by atoms with van der Waals surface area (Å²) in [4.78, 5) is 12.1. The SMILES string of the molecule is C=C1OC2=C(C(=O)CC(C)(C)C2)C1(C)C. The van der Waals surface area contributed by atoms with Gasteiger partial charge in [0.1, 0.15) is 11.5 Å². The van der Waals surface area contributed by atoms with Crippen molar-refractivity contribution < 1.29 is 9.53 Å². The van der Waals surface area contributed by atoms with Crippen molar-refractivity contribution in [2.45, 2.75) is 40.5 Å². The molecule has 0 aromatic rings. The van der Waals surface area contributed by atoms with Crippen molar-refractivity contribution >= 4 is 5.78 Å². The largest absolute Gasteiger partial charge is 0.465 e. The van der Waals surface area contributed by atoms with Crippen molar-refractivity contribution in [1.29, 1.82) is 0 Å². The first-order valence-electron chi connectivity index (χ1n) is 5.38. The van der Waals surface area contributed by atoms with E-state index >= 15 is 0 Å². The van der Waals surface area contributed by atoms with Crippen LogP contribution in [-0.4, -0.2) is 5.78 Å². The fourth-order valence-corrected chi connectivity index (χ4v) is 2.46. The zero-order chi connectivity index (χ0) is 11.4. The van der Waals surface area contributed by atoms with Crippen LogP contribution in [0.5, 0.6) is 0 Å². The van der Waals surface area contributed by atoms with Gasteiger partial charge in [-0.15, -0.1) is 0 Å². The fraction of sp³-hybridized carbons (Fsp3) is 0.615. The lowest BCUT2D eigenvalue weighted by Crippen LogP contribution is -2.28. The molecule has 2 heteroatoms. The second-order valence-electron chi connectivity index (χ2n) is 5.89. The monoisotopic (exact) mass is 206 g/mol. The van der Waals surface area contributed by atoms with Gasteiger partial charge in [-0.1, -0.05) is 20.4 Å². The molecule has 0 unspecified atom stereocenters. The molecule has 0 radical (unpaired) electrons. The first kappa shape index (κ1) is 10.5. The molecule has 0 atom stereocenters. The van der Waals surface area contributed by atoms with Gasteiger partial charge >= 0.3 is 0 Å². The van der Waals surface area contributed by atoms with Crippen molar-refractivity contribution in [2.24, 2.45) is 10.8 Å². The average molecular weight is 206 g/mol. The molecule has 2 rings (SSSR count). The van der Waals surface area contributed by atoms with E-state index in [1.165, 1.54) is 0 Å². The number of carbonyl (C=O) groups excluding carboxylic acids is 1. The number of rotatable bonds is 0. The molecule has 0 N–H and O–H groups in total. The molecule has 2 aliphatic rings. The van der Waals surface area contributed by atoms with Crippen LogP contribution in [0.4, 0.5) is 0 Å². The Balaban J connectivity index is 2.48. The van der Waals surface area contributed by atoms with Crippen LogP contribution in [0.15, 0.2) is 23.7 Å². The van der Waals surface area contributed by atoms with Gasteiger partial charge in [0.2, 0.25) is 0 Å². The van der Waals surface area contributed by atoms with Crippen LogP contribution in [-0.2, 0) is 9.53 Å². The van der Waals surface area contributed by atoms with Gasteiger partial charge in [-0.3, -0.25) is 4.79 Å². The summed E-state index contributed by atoms with van der Waals surface area (Å²) in [5.74, 6) is 1.79. The zero-order valence-electron chi connectivity index (χ0n) is 9.94. The van der Waals surface area contributed by atoms with E-state index < -0.39 is 0 Å². The molecular formula is C13H18O2. The van der Waals surface area contributed by atoms with E-state index in [1.807, 2.05) is 13.8 Å². The molecule has 1 aliphatic carbocycles. The summed E-state index contributed by atoms with van der Waals surface area (Å²) in [6.07, 6.45) is 1.46. The van der Waals surface area contributed by atoms with Crippen LogP contribution in [0.25, 0.3) is 0 Å². The first-order valence-corrected chi connectivity index (χ1v) is 5.38. The predicted molar refractivity (Wildman–Crippen MR) is 59.1 cm³/mol.